The lowest BCUT2D eigenvalue weighted by molar-refractivity contribution is -0.137. The molecule has 0 aliphatic rings. The molecule has 0 bridgehead atoms. The van der Waals surface area contributed by atoms with Crippen LogP contribution in [0.15, 0.2) is 24.3 Å². The fourth-order valence-electron chi connectivity index (χ4n) is 2.03. The molecule has 2 amide bonds. The zero-order valence-corrected chi connectivity index (χ0v) is 14.3. The number of nitrogens with zero attached hydrogens (tertiary/aromatic N) is 1. The average molecular weight is 328 g/mol. The fraction of sp³-hybridized carbons (Fsp3) is 0.500. The highest BCUT2D eigenvalue weighted by Gasteiger charge is 2.21. The Labute approximate surface area is 138 Å². The maximum Gasteiger partial charge on any atom is 0.244 e. The summed E-state index contributed by atoms with van der Waals surface area (Å²) in [6.07, 6.45) is 0.806. The molecule has 6 heteroatoms. The van der Waals surface area contributed by atoms with Gasteiger partial charge in [-0.1, -0.05) is 32.0 Å². The molecule has 0 fully saturated rings. The summed E-state index contributed by atoms with van der Waals surface area (Å²) in [5.74, 6) is -0.516. The first-order chi connectivity index (χ1) is 9.99. The second-order valence-corrected chi connectivity index (χ2v) is 5.26. The van der Waals surface area contributed by atoms with Crippen molar-refractivity contribution >= 4 is 29.9 Å². The van der Waals surface area contributed by atoms with Gasteiger partial charge in [0, 0.05) is 24.7 Å². The molecular weight excluding hydrogens is 302 g/mol. The van der Waals surface area contributed by atoms with Crippen molar-refractivity contribution in [2.24, 2.45) is 11.7 Å². The molecule has 0 aliphatic carbocycles. The molecule has 124 valence electrons. The molecule has 1 atom stereocenters. The van der Waals surface area contributed by atoms with Gasteiger partial charge in [0.2, 0.25) is 11.8 Å². The van der Waals surface area contributed by atoms with Gasteiger partial charge in [0.1, 0.15) is 0 Å². The molecule has 5 nitrogen and oxygen atoms in total. The Morgan fingerprint density at radius 1 is 1.32 bits per heavy atom. The fourth-order valence-corrected chi connectivity index (χ4v) is 2.03. The predicted octanol–water partition coefficient (Wildman–Crippen LogP) is 2.19. The number of para-hydroxylation sites is 1. The second kappa shape index (κ2) is 10.2. The summed E-state index contributed by atoms with van der Waals surface area (Å²) in [4.78, 5) is 25.9. The normalized spacial score (nSPS) is 11.3. The van der Waals surface area contributed by atoms with E-state index in [4.69, 9.17) is 5.73 Å². The van der Waals surface area contributed by atoms with Crippen LogP contribution in [-0.2, 0) is 9.59 Å². The van der Waals surface area contributed by atoms with E-state index in [1.165, 1.54) is 0 Å². The van der Waals surface area contributed by atoms with Gasteiger partial charge in [-0.05, 0) is 25.0 Å². The van der Waals surface area contributed by atoms with Gasteiger partial charge < -0.3 is 16.0 Å². The molecule has 1 aromatic rings. The zero-order chi connectivity index (χ0) is 15.8. The Morgan fingerprint density at radius 2 is 1.95 bits per heavy atom. The molecule has 0 aromatic heterocycles. The number of carbonyl (C=O) groups is 2. The SMILES string of the molecule is CCCN(CC(=O)Nc1ccccc1C)C(=O)C(C)CN.Cl. The van der Waals surface area contributed by atoms with E-state index >= 15 is 0 Å². The molecule has 22 heavy (non-hydrogen) atoms. The van der Waals surface area contributed by atoms with Crippen molar-refractivity contribution in [1.82, 2.24) is 4.90 Å². The summed E-state index contributed by atoms with van der Waals surface area (Å²) in [7, 11) is 0. The van der Waals surface area contributed by atoms with Gasteiger partial charge in [-0.25, -0.2) is 0 Å². The first-order valence-electron chi connectivity index (χ1n) is 7.33. The number of nitrogens with two attached hydrogens (primary N) is 1. The number of halogens is 1. The minimum atomic E-state index is -0.261. The summed E-state index contributed by atoms with van der Waals surface area (Å²) in [6.45, 7) is 6.60. The number of rotatable bonds is 7. The van der Waals surface area contributed by atoms with Crippen molar-refractivity contribution in [2.75, 3.05) is 25.0 Å². The first kappa shape index (κ1) is 20.4. The van der Waals surface area contributed by atoms with Crippen molar-refractivity contribution in [3.05, 3.63) is 29.8 Å². The lowest BCUT2D eigenvalue weighted by Gasteiger charge is -2.24. The maximum absolute atomic E-state index is 12.2. The van der Waals surface area contributed by atoms with Crippen molar-refractivity contribution in [2.45, 2.75) is 27.2 Å². The van der Waals surface area contributed by atoms with E-state index < -0.39 is 0 Å². The Morgan fingerprint density at radius 3 is 2.50 bits per heavy atom. The molecule has 0 saturated carbocycles. The van der Waals surface area contributed by atoms with E-state index in [9.17, 15) is 9.59 Å². The summed E-state index contributed by atoms with van der Waals surface area (Å²) in [5, 5.41) is 2.85. The Bertz CT molecular complexity index is 494. The number of nitrogens with one attached hydrogen (secondary N) is 1. The van der Waals surface area contributed by atoms with E-state index in [1.54, 1.807) is 11.8 Å². The van der Waals surface area contributed by atoms with Gasteiger partial charge in [-0.3, -0.25) is 9.59 Å². The number of amides is 2. The monoisotopic (exact) mass is 327 g/mol. The summed E-state index contributed by atoms with van der Waals surface area (Å²) < 4.78 is 0. The minimum Gasteiger partial charge on any atom is -0.333 e. The molecule has 1 aromatic carbocycles. The number of carbonyl (C=O) groups excluding carboxylic acids is 2. The zero-order valence-electron chi connectivity index (χ0n) is 13.5. The number of benzene rings is 1. The third-order valence-corrected chi connectivity index (χ3v) is 3.33. The third kappa shape index (κ3) is 6.03. The van der Waals surface area contributed by atoms with Gasteiger partial charge in [0.05, 0.1) is 6.54 Å². The topological polar surface area (TPSA) is 75.4 Å². The van der Waals surface area contributed by atoms with E-state index in [2.05, 4.69) is 5.32 Å². The van der Waals surface area contributed by atoms with Crippen LogP contribution in [0.4, 0.5) is 5.69 Å². The molecule has 1 unspecified atom stereocenters. The molecule has 0 aliphatic heterocycles. The number of anilines is 1. The molecule has 3 N–H and O–H groups in total. The highest BCUT2D eigenvalue weighted by Crippen LogP contribution is 2.13. The van der Waals surface area contributed by atoms with E-state index in [1.807, 2.05) is 38.1 Å². The lowest BCUT2D eigenvalue weighted by Crippen LogP contribution is -2.42. The largest absolute Gasteiger partial charge is 0.333 e. The van der Waals surface area contributed by atoms with Crippen LogP contribution in [0.5, 0.6) is 0 Å². The van der Waals surface area contributed by atoms with Gasteiger partial charge in [0.25, 0.3) is 0 Å². The average Bonchev–Trinajstić information content (AvgIpc) is 2.47. The van der Waals surface area contributed by atoms with Crippen molar-refractivity contribution in [3.63, 3.8) is 0 Å². The van der Waals surface area contributed by atoms with Crippen LogP contribution in [0.25, 0.3) is 0 Å². The van der Waals surface area contributed by atoms with E-state index in [0.717, 1.165) is 17.7 Å². The Balaban J connectivity index is 0.00000441. The smallest absolute Gasteiger partial charge is 0.244 e. The molecule has 0 spiro atoms. The number of hydrogen-bond donors (Lipinski definition) is 2. The van der Waals surface area contributed by atoms with Crippen LogP contribution in [-0.4, -0.2) is 36.3 Å². The quantitative estimate of drug-likeness (QED) is 0.806. The second-order valence-electron chi connectivity index (χ2n) is 5.26. The maximum atomic E-state index is 12.2. The van der Waals surface area contributed by atoms with Crippen LogP contribution < -0.4 is 11.1 Å². The Hall–Kier alpha value is -1.59. The molecule has 0 saturated heterocycles. The minimum absolute atomic E-state index is 0. The van der Waals surface area contributed by atoms with Crippen LogP contribution in [0.1, 0.15) is 25.8 Å². The molecular formula is C16H26ClN3O2. The van der Waals surface area contributed by atoms with Crippen molar-refractivity contribution in [1.29, 1.82) is 0 Å². The standard InChI is InChI=1S/C16H25N3O2.ClH/c1-4-9-19(16(21)13(3)10-17)11-15(20)18-14-8-6-5-7-12(14)2;/h5-8,13H,4,9-11,17H2,1-3H3,(H,18,20);1H. The summed E-state index contributed by atoms with van der Waals surface area (Å²) in [6, 6.07) is 7.57. The van der Waals surface area contributed by atoms with E-state index in [-0.39, 0.29) is 36.7 Å². The number of aryl methyl sites for hydroxylation is 1. The Kier molecular flexibility index (Phi) is 9.45. The van der Waals surface area contributed by atoms with Crippen LogP contribution >= 0.6 is 12.4 Å². The van der Waals surface area contributed by atoms with Crippen LogP contribution in [0, 0.1) is 12.8 Å². The highest BCUT2D eigenvalue weighted by molar-refractivity contribution is 5.95. The van der Waals surface area contributed by atoms with Crippen molar-refractivity contribution < 1.29 is 9.59 Å². The predicted molar refractivity (Wildman–Crippen MR) is 92.1 cm³/mol. The highest BCUT2D eigenvalue weighted by atomic mass is 35.5. The first-order valence-corrected chi connectivity index (χ1v) is 7.33. The molecule has 1 rings (SSSR count). The lowest BCUT2D eigenvalue weighted by atomic mass is 10.1. The molecule has 0 heterocycles. The van der Waals surface area contributed by atoms with Crippen molar-refractivity contribution in [3.8, 4) is 0 Å². The summed E-state index contributed by atoms with van der Waals surface area (Å²) >= 11 is 0. The van der Waals surface area contributed by atoms with E-state index in [0.29, 0.717) is 13.1 Å². The number of hydrogen-bond acceptors (Lipinski definition) is 3. The summed E-state index contributed by atoms with van der Waals surface area (Å²) in [5.41, 5.74) is 7.30. The van der Waals surface area contributed by atoms with Crippen LogP contribution in [0.3, 0.4) is 0 Å². The third-order valence-electron chi connectivity index (χ3n) is 3.33. The van der Waals surface area contributed by atoms with Gasteiger partial charge in [-0.15, -0.1) is 12.4 Å². The van der Waals surface area contributed by atoms with Crippen LogP contribution in [0.2, 0.25) is 0 Å². The van der Waals surface area contributed by atoms with Gasteiger partial charge in [-0.2, -0.15) is 0 Å². The van der Waals surface area contributed by atoms with Gasteiger partial charge in [0.15, 0.2) is 0 Å². The van der Waals surface area contributed by atoms with Gasteiger partial charge >= 0.3 is 0 Å². The molecule has 0 radical (unpaired) electrons.